The maximum absolute atomic E-state index is 3.63. The molecule has 1 heterocycles. The van der Waals surface area contributed by atoms with Crippen LogP contribution in [0.4, 0.5) is 0 Å². The third kappa shape index (κ3) is 3.87. The van der Waals surface area contributed by atoms with Gasteiger partial charge in [-0.15, -0.1) is 0 Å². The van der Waals surface area contributed by atoms with Gasteiger partial charge in [0, 0.05) is 31.2 Å². The summed E-state index contributed by atoms with van der Waals surface area (Å²) in [5, 5.41) is 3.63. The molecule has 2 atom stereocenters. The van der Waals surface area contributed by atoms with Crippen molar-refractivity contribution < 1.29 is 0 Å². The molecule has 2 unspecified atom stereocenters. The van der Waals surface area contributed by atoms with Crippen molar-refractivity contribution >= 4 is 0 Å². The van der Waals surface area contributed by atoms with E-state index in [1.807, 2.05) is 0 Å². The molecule has 0 aromatic heterocycles. The Balaban J connectivity index is 2.12. The average molecular weight is 288 g/mol. The molecular weight excluding hydrogens is 256 g/mol. The van der Waals surface area contributed by atoms with E-state index in [0.717, 1.165) is 19.6 Å². The Hall–Kier alpha value is -0.860. The highest BCUT2D eigenvalue weighted by Gasteiger charge is 2.34. The summed E-state index contributed by atoms with van der Waals surface area (Å²) in [5.74, 6) is 0. The second-order valence-electron chi connectivity index (χ2n) is 7.96. The van der Waals surface area contributed by atoms with Crippen molar-refractivity contribution in [3.8, 4) is 0 Å². The number of piperazine rings is 1. The summed E-state index contributed by atoms with van der Waals surface area (Å²) in [6.45, 7) is 17.1. The second kappa shape index (κ2) is 6.10. The molecule has 0 amide bonds. The van der Waals surface area contributed by atoms with Gasteiger partial charge in [0.1, 0.15) is 0 Å². The van der Waals surface area contributed by atoms with Crippen LogP contribution in [0.1, 0.15) is 59.1 Å². The van der Waals surface area contributed by atoms with Crippen LogP contribution >= 0.6 is 0 Å². The van der Waals surface area contributed by atoms with Crippen molar-refractivity contribution in [3.05, 3.63) is 35.4 Å². The lowest BCUT2D eigenvalue weighted by molar-refractivity contribution is 0.0453. The van der Waals surface area contributed by atoms with Crippen LogP contribution in [0.25, 0.3) is 0 Å². The first-order chi connectivity index (χ1) is 9.74. The fourth-order valence-corrected chi connectivity index (χ4v) is 3.06. The molecule has 1 saturated heterocycles. The number of nitrogens with zero attached hydrogens (tertiary/aromatic N) is 1. The molecule has 1 aromatic rings. The van der Waals surface area contributed by atoms with Gasteiger partial charge in [-0.3, -0.25) is 4.90 Å². The van der Waals surface area contributed by atoms with Gasteiger partial charge in [0.25, 0.3) is 0 Å². The molecule has 2 rings (SSSR count). The molecule has 0 radical (unpaired) electrons. The minimum absolute atomic E-state index is 0.236. The van der Waals surface area contributed by atoms with Gasteiger partial charge in [0.05, 0.1) is 0 Å². The quantitative estimate of drug-likeness (QED) is 0.906. The zero-order valence-corrected chi connectivity index (χ0v) is 14.7. The molecule has 0 spiro atoms. The largest absolute Gasteiger partial charge is 0.311 e. The molecule has 1 aliphatic rings. The second-order valence-corrected chi connectivity index (χ2v) is 7.96. The van der Waals surface area contributed by atoms with E-state index in [9.17, 15) is 0 Å². The third-order valence-electron chi connectivity index (χ3n) is 5.04. The molecule has 0 bridgehead atoms. The van der Waals surface area contributed by atoms with Crippen molar-refractivity contribution in [2.45, 2.75) is 71.5 Å². The van der Waals surface area contributed by atoms with Crippen molar-refractivity contribution in [1.29, 1.82) is 0 Å². The lowest BCUT2D eigenvalue weighted by atomic mass is 9.86. The molecule has 118 valence electrons. The van der Waals surface area contributed by atoms with Crippen LogP contribution in [0.2, 0.25) is 0 Å². The van der Waals surface area contributed by atoms with E-state index in [-0.39, 0.29) is 11.0 Å². The Morgan fingerprint density at radius 2 is 1.86 bits per heavy atom. The van der Waals surface area contributed by atoms with Crippen LogP contribution in [0.3, 0.4) is 0 Å². The van der Waals surface area contributed by atoms with Crippen molar-refractivity contribution in [2.75, 3.05) is 13.1 Å². The van der Waals surface area contributed by atoms with Crippen LogP contribution < -0.4 is 5.32 Å². The summed E-state index contributed by atoms with van der Waals surface area (Å²) in [5.41, 5.74) is 3.35. The summed E-state index contributed by atoms with van der Waals surface area (Å²) in [6, 6.07) is 9.79. The molecule has 2 heteroatoms. The zero-order chi connectivity index (χ0) is 15.7. The van der Waals surface area contributed by atoms with Crippen LogP contribution in [-0.4, -0.2) is 29.6 Å². The Labute approximate surface area is 130 Å². The molecule has 0 aliphatic carbocycles. The van der Waals surface area contributed by atoms with Gasteiger partial charge in [0.2, 0.25) is 0 Å². The first-order valence-electron chi connectivity index (χ1n) is 8.32. The molecule has 1 N–H and O–H groups in total. The number of hydrogen-bond acceptors (Lipinski definition) is 2. The summed E-state index contributed by atoms with van der Waals surface area (Å²) in [4.78, 5) is 2.65. The van der Waals surface area contributed by atoms with Gasteiger partial charge in [0.15, 0.2) is 0 Å². The Morgan fingerprint density at radius 3 is 2.38 bits per heavy atom. The Kier molecular flexibility index (Phi) is 4.79. The number of benzene rings is 1. The van der Waals surface area contributed by atoms with E-state index in [4.69, 9.17) is 0 Å². The van der Waals surface area contributed by atoms with Crippen LogP contribution in [0.5, 0.6) is 0 Å². The third-order valence-corrected chi connectivity index (χ3v) is 5.04. The maximum atomic E-state index is 3.63. The molecule has 0 saturated carbocycles. The summed E-state index contributed by atoms with van der Waals surface area (Å²) in [7, 11) is 0. The highest BCUT2D eigenvalue weighted by molar-refractivity contribution is 5.27. The topological polar surface area (TPSA) is 15.3 Å². The molecule has 1 aromatic carbocycles. The van der Waals surface area contributed by atoms with Gasteiger partial charge in [-0.2, -0.15) is 0 Å². The molecule has 2 nitrogen and oxygen atoms in total. The van der Waals surface area contributed by atoms with Crippen LogP contribution in [0.15, 0.2) is 24.3 Å². The lowest BCUT2D eigenvalue weighted by Crippen LogP contribution is -2.61. The number of rotatable bonds is 3. The molecular formula is C19H32N2. The van der Waals surface area contributed by atoms with Gasteiger partial charge in [-0.05, 0) is 36.8 Å². The highest BCUT2D eigenvalue weighted by Crippen LogP contribution is 2.26. The molecule has 21 heavy (non-hydrogen) atoms. The average Bonchev–Trinajstić information content (AvgIpc) is 2.43. The smallest absolute Gasteiger partial charge is 0.0307 e. The van der Waals surface area contributed by atoms with E-state index in [1.54, 1.807) is 0 Å². The van der Waals surface area contributed by atoms with Gasteiger partial charge in [-0.1, -0.05) is 52.0 Å². The summed E-state index contributed by atoms with van der Waals surface area (Å²) < 4.78 is 0. The zero-order valence-electron chi connectivity index (χ0n) is 14.7. The van der Waals surface area contributed by atoms with E-state index in [1.165, 1.54) is 17.5 Å². The highest BCUT2D eigenvalue weighted by atomic mass is 15.3. The standard InChI is InChI=1S/C19H32N2/c1-7-19(6)14-20-15(2)12-21(19)13-16-8-10-17(11-9-16)18(3,4)5/h8-11,15,20H,7,12-14H2,1-6H3. The van der Waals surface area contributed by atoms with Crippen molar-refractivity contribution in [1.82, 2.24) is 10.2 Å². The number of nitrogens with one attached hydrogen (secondary N) is 1. The van der Waals surface area contributed by atoms with E-state index in [2.05, 4.69) is 76.0 Å². The fourth-order valence-electron chi connectivity index (χ4n) is 3.06. The fraction of sp³-hybridized carbons (Fsp3) is 0.684. The first kappa shape index (κ1) is 16.5. The van der Waals surface area contributed by atoms with Crippen LogP contribution in [-0.2, 0) is 12.0 Å². The molecule has 1 fully saturated rings. The van der Waals surface area contributed by atoms with E-state index < -0.39 is 0 Å². The maximum Gasteiger partial charge on any atom is 0.0307 e. The van der Waals surface area contributed by atoms with Gasteiger partial charge < -0.3 is 5.32 Å². The van der Waals surface area contributed by atoms with Crippen molar-refractivity contribution in [3.63, 3.8) is 0 Å². The Morgan fingerprint density at radius 1 is 1.24 bits per heavy atom. The SMILES string of the molecule is CCC1(C)CNC(C)CN1Cc1ccc(C(C)(C)C)cc1. The Bertz CT molecular complexity index is 457. The van der Waals surface area contributed by atoms with E-state index >= 15 is 0 Å². The normalized spacial score (nSPS) is 27.8. The monoisotopic (exact) mass is 288 g/mol. The minimum Gasteiger partial charge on any atom is -0.311 e. The van der Waals surface area contributed by atoms with E-state index in [0.29, 0.717) is 6.04 Å². The number of hydrogen-bond donors (Lipinski definition) is 1. The molecule has 1 aliphatic heterocycles. The summed E-state index contributed by atoms with van der Waals surface area (Å²) >= 11 is 0. The van der Waals surface area contributed by atoms with Crippen molar-refractivity contribution in [2.24, 2.45) is 0 Å². The minimum atomic E-state index is 0.236. The van der Waals surface area contributed by atoms with Crippen LogP contribution in [0, 0.1) is 0 Å². The summed E-state index contributed by atoms with van der Waals surface area (Å²) in [6.07, 6.45) is 1.19. The predicted octanol–water partition coefficient (Wildman–Crippen LogP) is 3.95. The first-order valence-corrected chi connectivity index (χ1v) is 8.32. The van der Waals surface area contributed by atoms with Gasteiger partial charge in [-0.25, -0.2) is 0 Å². The lowest BCUT2D eigenvalue weighted by Gasteiger charge is -2.47. The van der Waals surface area contributed by atoms with Gasteiger partial charge >= 0.3 is 0 Å². The predicted molar refractivity (Wildman–Crippen MR) is 91.7 cm³/mol.